The number of aromatic nitrogens is 6. The van der Waals surface area contributed by atoms with Gasteiger partial charge in [0.05, 0.1) is 29.8 Å². The van der Waals surface area contributed by atoms with E-state index in [0.717, 1.165) is 110 Å². The van der Waals surface area contributed by atoms with Crippen LogP contribution in [0.15, 0.2) is 47.5 Å². The van der Waals surface area contributed by atoms with Crippen molar-refractivity contribution < 1.29 is 28.0 Å². The third-order valence-electron chi connectivity index (χ3n) is 15.4. The van der Waals surface area contributed by atoms with Crippen molar-refractivity contribution in [2.45, 2.75) is 109 Å². The van der Waals surface area contributed by atoms with Crippen LogP contribution in [0, 0.1) is 5.92 Å². The van der Waals surface area contributed by atoms with Crippen molar-refractivity contribution in [2.24, 2.45) is 20.0 Å². The molecule has 2 aromatic carbocycles. The number of carbonyl (C=O) groups is 4. The zero-order chi connectivity index (χ0) is 47.4. The van der Waals surface area contributed by atoms with Crippen LogP contribution in [0.5, 0.6) is 0 Å². The van der Waals surface area contributed by atoms with E-state index in [1.54, 1.807) is 48.7 Å². The van der Waals surface area contributed by atoms with Gasteiger partial charge in [-0.05, 0) is 118 Å². The Balaban J connectivity index is 0.742. The highest BCUT2D eigenvalue weighted by molar-refractivity contribution is 6.00. The summed E-state index contributed by atoms with van der Waals surface area (Å²) in [6, 6.07) is 8.92. The maximum absolute atomic E-state index is 14.7. The first-order valence-corrected chi connectivity index (χ1v) is 24.4. The van der Waals surface area contributed by atoms with Crippen molar-refractivity contribution >= 4 is 46.2 Å². The summed E-state index contributed by atoms with van der Waals surface area (Å²) in [4.78, 5) is 72.2. The Morgan fingerprint density at radius 3 is 2.40 bits per heavy atom. The molecule has 1 N–H and O–H groups in total. The Hall–Kier alpha value is -6.17. The molecule has 16 nitrogen and oxygen atoms in total. The van der Waals surface area contributed by atoms with Crippen LogP contribution in [0.3, 0.4) is 0 Å². The number of imide groups is 1. The first-order valence-electron chi connectivity index (χ1n) is 24.4. The lowest BCUT2D eigenvalue weighted by atomic mass is 9.90. The fourth-order valence-electron chi connectivity index (χ4n) is 11.5. The molecule has 0 saturated carbocycles. The molecule has 360 valence electrons. The van der Waals surface area contributed by atoms with E-state index < -0.39 is 18.4 Å². The molecule has 3 aromatic heterocycles. The van der Waals surface area contributed by atoms with E-state index in [0.29, 0.717) is 74.5 Å². The summed E-state index contributed by atoms with van der Waals surface area (Å²) in [6.45, 7) is 7.13. The smallest absolute Gasteiger partial charge is 0.329 e. The number of imidazole rings is 1. The van der Waals surface area contributed by atoms with Crippen LogP contribution in [0.25, 0.3) is 22.2 Å². The van der Waals surface area contributed by atoms with E-state index in [4.69, 9.17) is 5.10 Å². The number of hydrogen-bond acceptors (Lipinski definition) is 9. The maximum atomic E-state index is 14.7. The topological polar surface area (TPSA) is 156 Å². The molecule has 0 aliphatic carbocycles. The van der Waals surface area contributed by atoms with Gasteiger partial charge in [-0.15, -0.1) is 0 Å². The van der Waals surface area contributed by atoms with Crippen LogP contribution < -0.4 is 15.9 Å². The Labute approximate surface area is 393 Å². The number of hydrogen-bond donors (Lipinski definition) is 1. The predicted molar refractivity (Wildman–Crippen MR) is 252 cm³/mol. The molecule has 0 spiro atoms. The average Bonchev–Trinajstić information content (AvgIpc) is 4.02. The molecule has 5 aliphatic rings. The van der Waals surface area contributed by atoms with Crippen molar-refractivity contribution in [1.29, 1.82) is 0 Å². The third kappa shape index (κ3) is 8.75. The number of benzene rings is 2. The second-order valence-electron chi connectivity index (χ2n) is 19.6. The van der Waals surface area contributed by atoms with Gasteiger partial charge in [0.1, 0.15) is 6.04 Å². The second-order valence-corrected chi connectivity index (χ2v) is 19.6. The highest BCUT2D eigenvalue weighted by Crippen LogP contribution is 2.44. The molecule has 0 bridgehead atoms. The van der Waals surface area contributed by atoms with Crippen LogP contribution in [-0.4, -0.2) is 113 Å². The molecule has 8 heterocycles. The van der Waals surface area contributed by atoms with E-state index in [1.165, 1.54) is 4.57 Å². The summed E-state index contributed by atoms with van der Waals surface area (Å²) in [5.41, 5.74) is 7.27. The number of halogens is 2. The van der Waals surface area contributed by atoms with Crippen molar-refractivity contribution in [3.63, 3.8) is 0 Å². The Kier molecular flexibility index (Phi) is 12.6. The largest absolute Gasteiger partial charge is 0.343 e. The maximum Gasteiger partial charge on any atom is 0.329 e. The fraction of sp³-hybridized carbons (Fsp3) is 0.540. The number of likely N-dealkylation sites (tertiary alicyclic amines) is 2. The molecule has 1 atom stereocenters. The van der Waals surface area contributed by atoms with Crippen LogP contribution >= 0.6 is 0 Å². The zero-order valence-electron chi connectivity index (χ0n) is 39.3. The lowest BCUT2D eigenvalue weighted by Crippen LogP contribution is -2.44. The first-order chi connectivity index (χ1) is 32.8. The van der Waals surface area contributed by atoms with E-state index >= 15 is 0 Å². The van der Waals surface area contributed by atoms with Gasteiger partial charge >= 0.3 is 5.69 Å². The minimum absolute atomic E-state index is 0.00544. The van der Waals surface area contributed by atoms with Crippen LogP contribution in [0.1, 0.15) is 111 Å². The molecule has 10 rings (SSSR count). The van der Waals surface area contributed by atoms with Gasteiger partial charge in [-0.2, -0.15) is 10.2 Å². The number of nitrogens with one attached hydrogen (secondary N) is 1. The van der Waals surface area contributed by atoms with Gasteiger partial charge in [-0.25, -0.2) is 13.6 Å². The van der Waals surface area contributed by atoms with Gasteiger partial charge in [0, 0.05) is 107 Å². The molecule has 5 aromatic rings. The Bertz CT molecular complexity index is 2830. The summed E-state index contributed by atoms with van der Waals surface area (Å²) >= 11 is 0. The first kappa shape index (κ1) is 45.6. The number of carbonyl (C=O) groups excluding carboxylic acids is 4. The molecule has 18 heteroatoms. The number of rotatable bonds is 11. The average molecular weight is 934 g/mol. The number of piperidine rings is 3. The van der Waals surface area contributed by atoms with Crippen LogP contribution in [0.2, 0.25) is 0 Å². The molecule has 4 amide bonds. The Morgan fingerprint density at radius 1 is 0.882 bits per heavy atom. The molecule has 5 aliphatic heterocycles. The molecular formula is C50H61F2N11O5. The lowest BCUT2D eigenvalue weighted by Gasteiger charge is -2.35. The van der Waals surface area contributed by atoms with Crippen LogP contribution in [0.4, 0.5) is 20.3 Å². The van der Waals surface area contributed by atoms with Gasteiger partial charge in [-0.1, -0.05) is 6.07 Å². The quantitative estimate of drug-likeness (QED) is 0.163. The summed E-state index contributed by atoms with van der Waals surface area (Å²) in [5, 5.41) is 11.9. The fourth-order valence-corrected chi connectivity index (χ4v) is 11.5. The molecular weight excluding hydrogens is 873 g/mol. The number of amides is 4. The van der Waals surface area contributed by atoms with E-state index in [1.807, 2.05) is 28.0 Å². The molecule has 3 saturated heterocycles. The number of alkyl halides is 2. The minimum atomic E-state index is -2.68. The van der Waals surface area contributed by atoms with Crippen LogP contribution in [-0.2, 0) is 59.1 Å². The third-order valence-corrected chi connectivity index (χ3v) is 15.4. The normalized spacial score (nSPS) is 19.8. The second kappa shape index (κ2) is 18.7. The van der Waals surface area contributed by atoms with Gasteiger partial charge in [0.15, 0.2) is 5.82 Å². The number of aryl methyl sites for hydroxylation is 4. The predicted octanol–water partition coefficient (Wildman–Crippen LogP) is 5.74. The summed E-state index contributed by atoms with van der Waals surface area (Å²) in [5.74, 6) is 0.726. The molecule has 3 fully saturated rings. The zero-order valence-corrected chi connectivity index (χ0v) is 39.3. The van der Waals surface area contributed by atoms with Gasteiger partial charge in [0.25, 0.3) is 6.43 Å². The summed E-state index contributed by atoms with van der Waals surface area (Å²) < 4.78 is 36.4. The van der Waals surface area contributed by atoms with E-state index in [-0.39, 0.29) is 41.4 Å². The van der Waals surface area contributed by atoms with Crippen molar-refractivity contribution in [2.75, 3.05) is 50.7 Å². The van der Waals surface area contributed by atoms with Crippen molar-refractivity contribution in [3.05, 3.63) is 81.2 Å². The standard InChI is InChI=1S/C50H61F2N11O5/c1-31(64)60-24-16-40-39(30-60)48(61-18-4-5-34-26-37(35-28-53-56(2)29-35)38(47(51)52)27-43(34)61)55-63(40)36-14-22-59(23-15-36)46(66)17-21-58-19-12-32(13-20-58)6-7-33-8-9-41-44(25-33)57(3)50(68)62(41)42-10-11-45(65)54-49(42)67/h8-9,25-29,32,36,42,47H,4-7,10-24,30H2,1-3H3,(H,54,65,67). The molecule has 0 radical (unpaired) electrons. The minimum Gasteiger partial charge on any atom is -0.343 e. The monoisotopic (exact) mass is 933 g/mol. The SMILES string of the molecule is CC(=O)N1CCc2c(c(N3CCCc4cc(-c5cnn(C)c5)c(C(F)F)cc43)nn2C2CCN(C(=O)CCN3CCC(CCc4ccc5c(c4)n(C)c(=O)n5C4CCC(=O)NC4=O)CC3)CC2)C1. The number of nitrogens with zero attached hydrogens (tertiary/aromatic N) is 10. The number of fused-ring (bicyclic) bond motifs is 3. The van der Waals surface area contributed by atoms with Gasteiger partial charge in [0.2, 0.25) is 23.6 Å². The van der Waals surface area contributed by atoms with Gasteiger partial charge < -0.3 is 19.6 Å². The van der Waals surface area contributed by atoms with Crippen molar-refractivity contribution in [1.82, 2.24) is 48.7 Å². The Morgan fingerprint density at radius 2 is 1.68 bits per heavy atom. The van der Waals surface area contributed by atoms with Gasteiger partial charge in [-0.3, -0.25) is 43.0 Å². The lowest BCUT2D eigenvalue weighted by molar-refractivity contribution is -0.136. The summed E-state index contributed by atoms with van der Waals surface area (Å²) in [6.07, 6.45) is 9.52. The molecule has 1 unspecified atom stereocenters. The van der Waals surface area contributed by atoms with Crippen molar-refractivity contribution in [3.8, 4) is 11.1 Å². The number of anilines is 2. The highest BCUT2D eigenvalue weighted by atomic mass is 19.3. The molecule has 68 heavy (non-hydrogen) atoms. The summed E-state index contributed by atoms with van der Waals surface area (Å²) in [7, 11) is 3.50. The van der Waals surface area contributed by atoms with E-state index in [9.17, 15) is 32.8 Å². The van der Waals surface area contributed by atoms with E-state index in [2.05, 4.69) is 31.0 Å². The highest BCUT2D eigenvalue weighted by Gasteiger charge is 2.36.